The molecule has 1 N–H and O–H groups in total. The fourth-order valence-corrected chi connectivity index (χ4v) is 3.16. The second-order valence-electron chi connectivity index (χ2n) is 7.88. The summed E-state index contributed by atoms with van der Waals surface area (Å²) in [6.45, 7) is 10.5. The molecule has 3 rings (SSSR count). The van der Waals surface area contributed by atoms with Gasteiger partial charge in [-0.2, -0.15) is 0 Å². The van der Waals surface area contributed by atoms with Crippen molar-refractivity contribution in [2.24, 2.45) is 0 Å². The van der Waals surface area contributed by atoms with Gasteiger partial charge in [-0.05, 0) is 51.8 Å². The van der Waals surface area contributed by atoms with Gasteiger partial charge in [0.2, 0.25) is 0 Å². The Balaban J connectivity index is 2.04. The van der Waals surface area contributed by atoms with Gasteiger partial charge in [-0.3, -0.25) is 0 Å². The van der Waals surface area contributed by atoms with Crippen molar-refractivity contribution in [1.29, 1.82) is 0 Å². The number of unbranched alkanes of at least 4 members (excludes halogenated alkanes) is 1. The van der Waals surface area contributed by atoms with E-state index in [4.69, 9.17) is 9.47 Å². The Morgan fingerprint density at radius 1 is 1.26 bits per heavy atom. The summed E-state index contributed by atoms with van der Waals surface area (Å²) < 4.78 is 11.5. The van der Waals surface area contributed by atoms with Crippen molar-refractivity contribution in [3.05, 3.63) is 41.7 Å². The Morgan fingerprint density at radius 2 is 2.04 bits per heavy atom. The maximum atomic E-state index is 12.4. The predicted octanol–water partition coefficient (Wildman–Crippen LogP) is 5.55. The number of pyridine rings is 1. The summed E-state index contributed by atoms with van der Waals surface area (Å²) in [5, 5.41) is 2.03. The number of nitrogens with zero attached hydrogens (tertiary/aromatic N) is 1. The van der Waals surface area contributed by atoms with Crippen LogP contribution in [-0.4, -0.2) is 28.1 Å². The summed E-state index contributed by atoms with van der Waals surface area (Å²) in [5.74, 6) is -0.413. The van der Waals surface area contributed by atoms with Crippen LogP contribution in [0.4, 0.5) is 0 Å². The number of carbonyl (C=O) groups excluding carboxylic acids is 1. The van der Waals surface area contributed by atoms with Crippen LogP contribution in [0.25, 0.3) is 21.8 Å². The molecule has 0 amide bonds. The summed E-state index contributed by atoms with van der Waals surface area (Å²) in [5.41, 5.74) is 2.77. The van der Waals surface area contributed by atoms with Crippen molar-refractivity contribution in [3.8, 4) is 0 Å². The number of fused-ring (bicyclic) bond motifs is 3. The highest BCUT2D eigenvalue weighted by Gasteiger charge is 2.21. The Labute approximate surface area is 160 Å². The summed E-state index contributed by atoms with van der Waals surface area (Å²) in [7, 11) is 0. The summed E-state index contributed by atoms with van der Waals surface area (Å²) in [6.07, 6.45) is 3.81. The third kappa shape index (κ3) is 4.30. The molecular formula is C22H28N2O3. The molecule has 1 aromatic carbocycles. The molecule has 0 saturated heterocycles. The number of hydrogen-bond acceptors (Lipinski definition) is 4. The molecule has 2 heterocycles. The SMILES string of the molecule is CCCCOC(C)c1cccc2[nH]c3cnc(C(=O)OC(C)(C)C)cc3c12. The number of aromatic amines is 1. The zero-order valence-electron chi connectivity index (χ0n) is 16.8. The average molecular weight is 368 g/mol. The van der Waals surface area contributed by atoms with E-state index in [1.807, 2.05) is 39.0 Å². The number of H-pyrrole nitrogens is 1. The summed E-state index contributed by atoms with van der Waals surface area (Å²) in [4.78, 5) is 20.1. The number of rotatable bonds is 6. The highest BCUT2D eigenvalue weighted by Crippen LogP contribution is 2.33. The van der Waals surface area contributed by atoms with Gasteiger partial charge in [0.05, 0.1) is 17.8 Å². The molecule has 5 nitrogen and oxygen atoms in total. The summed E-state index contributed by atoms with van der Waals surface area (Å²) >= 11 is 0. The third-order valence-corrected chi connectivity index (χ3v) is 4.45. The molecule has 0 fully saturated rings. The van der Waals surface area contributed by atoms with E-state index in [-0.39, 0.29) is 6.10 Å². The minimum absolute atomic E-state index is 0.0302. The molecule has 2 aromatic heterocycles. The maximum absolute atomic E-state index is 12.4. The van der Waals surface area contributed by atoms with Gasteiger partial charge < -0.3 is 14.5 Å². The maximum Gasteiger partial charge on any atom is 0.357 e. The molecule has 0 spiro atoms. The number of esters is 1. The van der Waals surface area contributed by atoms with Crippen LogP contribution in [0.2, 0.25) is 0 Å². The number of benzene rings is 1. The highest BCUT2D eigenvalue weighted by molar-refractivity contribution is 6.10. The quantitative estimate of drug-likeness (QED) is 0.458. The molecule has 0 bridgehead atoms. The van der Waals surface area contributed by atoms with E-state index >= 15 is 0 Å². The van der Waals surface area contributed by atoms with Crippen LogP contribution in [0.3, 0.4) is 0 Å². The standard InChI is InChI=1S/C22H28N2O3/c1-6-7-11-26-14(2)15-9-8-10-17-20(15)16-12-18(23-13-19(16)24-17)21(25)27-22(3,4)5/h8-10,12-14,24H,6-7,11H2,1-5H3. The van der Waals surface area contributed by atoms with E-state index < -0.39 is 11.6 Å². The molecular weight excluding hydrogens is 340 g/mol. The lowest BCUT2D eigenvalue weighted by Crippen LogP contribution is -2.24. The first-order chi connectivity index (χ1) is 12.8. The molecule has 0 aliphatic rings. The molecule has 1 unspecified atom stereocenters. The zero-order chi connectivity index (χ0) is 19.6. The van der Waals surface area contributed by atoms with Crippen LogP contribution >= 0.6 is 0 Å². The lowest BCUT2D eigenvalue weighted by Gasteiger charge is -2.19. The lowest BCUT2D eigenvalue weighted by molar-refractivity contribution is 0.00631. The monoisotopic (exact) mass is 368 g/mol. The number of carbonyl (C=O) groups is 1. The van der Waals surface area contributed by atoms with Crippen molar-refractivity contribution in [1.82, 2.24) is 9.97 Å². The van der Waals surface area contributed by atoms with Crippen molar-refractivity contribution in [2.75, 3.05) is 6.61 Å². The van der Waals surface area contributed by atoms with Crippen LogP contribution in [-0.2, 0) is 9.47 Å². The van der Waals surface area contributed by atoms with Gasteiger partial charge >= 0.3 is 5.97 Å². The van der Waals surface area contributed by atoms with Crippen molar-refractivity contribution in [2.45, 2.75) is 59.2 Å². The fourth-order valence-electron chi connectivity index (χ4n) is 3.16. The van der Waals surface area contributed by atoms with Gasteiger partial charge in [-0.1, -0.05) is 25.5 Å². The first-order valence-corrected chi connectivity index (χ1v) is 9.55. The van der Waals surface area contributed by atoms with Crippen LogP contribution < -0.4 is 0 Å². The average Bonchev–Trinajstić information content (AvgIpc) is 2.98. The van der Waals surface area contributed by atoms with Crippen LogP contribution in [0.5, 0.6) is 0 Å². The van der Waals surface area contributed by atoms with E-state index in [0.29, 0.717) is 5.69 Å². The largest absolute Gasteiger partial charge is 0.455 e. The Kier molecular flexibility index (Phi) is 5.51. The second-order valence-corrected chi connectivity index (χ2v) is 7.88. The van der Waals surface area contributed by atoms with Gasteiger partial charge in [0.25, 0.3) is 0 Å². The lowest BCUT2D eigenvalue weighted by atomic mass is 10.0. The first-order valence-electron chi connectivity index (χ1n) is 9.55. The molecule has 0 radical (unpaired) electrons. The third-order valence-electron chi connectivity index (χ3n) is 4.45. The van der Waals surface area contributed by atoms with Crippen molar-refractivity contribution < 1.29 is 14.3 Å². The van der Waals surface area contributed by atoms with E-state index in [1.54, 1.807) is 6.20 Å². The number of hydrogen-bond donors (Lipinski definition) is 1. The van der Waals surface area contributed by atoms with Gasteiger partial charge in [-0.15, -0.1) is 0 Å². The molecule has 5 heteroatoms. The fraction of sp³-hybridized carbons (Fsp3) is 0.455. The zero-order valence-corrected chi connectivity index (χ0v) is 16.8. The number of aromatic nitrogens is 2. The Morgan fingerprint density at radius 3 is 2.74 bits per heavy atom. The van der Waals surface area contributed by atoms with Gasteiger partial charge in [0.15, 0.2) is 0 Å². The van der Waals surface area contributed by atoms with E-state index in [2.05, 4.69) is 29.9 Å². The molecule has 0 aliphatic heterocycles. The smallest absolute Gasteiger partial charge is 0.357 e. The van der Waals surface area contributed by atoms with Crippen LogP contribution in [0.15, 0.2) is 30.5 Å². The topological polar surface area (TPSA) is 64.2 Å². The van der Waals surface area contributed by atoms with Gasteiger partial charge in [0, 0.05) is 22.9 Å². The molecule has 1 atom stereocenters. The van der Waals surface area contributed by atoms with Gasteiger partial charge in [-0.25, -0.2) is 9.78 Å². The van der Waals surface area contributed by atoms with Crippen LogP contribution in [0, 0.1) is 0 Å². The molecule has 144 valence electrons. The minimum atomic E-state index is -0.555. The van der Waals surface area contributed by atoms with E-state index in [1.165, 1.54) is 0 Å². The van der Waals surface area contributed by atoms with E-state index in [0.717, 1.165) is 46.8 Å². The number of ether oxygens (including phenoxy) is 2. The van der Waals surface area contributed by atoms with Crippen molar-refractivity contribution in [3.63, 3.8) is 0 Å². The minimum Gasteiger partial charge on any atom is -0.455 e. The molecule has 27 heavy (non-hydrogen) atoms. The molecule has 3 aromatic rings. The van der Waals surface area contributed by atoms with Gasteiger partial charge in [0.1, 0.15) is 11.3 Å². The highest BCUT2D eigenvalue weighted by atomic mass is 16.6. The Bertz CT molecular complexity index is 953. The van der Waals surface area contributed by atoms with Crippen LogP contribution in [0.1, 0.15) is 69.6 Å². The summed E-state index contributed by atoms with van der Waals surface area (Å²) in [6, 6.07) is 7.95. The normalized spacial score (nSPS) is 13.2. The second kappa shape index (κ2) is 7.69. The van der Waals surface area contributed by atoms with Crippen molar-refractivity contribution >= 4 is 27.8 Å². The van der Waals surface area contributed by atoms with E-state index in [9.17, 15) is 4.79 Å². The number of nitrogens with one attached hydrogen (secondary N) is 1. The first kappa shape index (κ1) is 19.4. The predicted molar refractivity (Wildman–Crippen MR) is 108 cm³/mol. The Hall–Kier alpha value is -2.40. The molecule has 0 aliphatic carbocycles. The molecule has 0 saturated carbocycles.